The third kappa shape index (κ3) is 3.72. The number of benzene rings is 1. The monoisotopic (exact) mass is 235 g/mol. The first-order valence-electron chi connectivity index (χ1n) is 4.19. The lowest BCUT2D eigenvalue weighted by molar-refractivity contribution is 0.157. The van der Waals surface area contributed by atoms with Gasteiger partial charge in [0.2, 0.25) is 0 Å². The second kappa shape index (κ2) is 6.09. The van der Waals surface area contributed by atoms with Crippen molar-refractivity contribution in [1.82, 2.24) is 5.48 Å². The number of ether oxygens (including phenoxy) is 1. The zero-order chi connectivity index (χ0) is 10.4. The van der Waals surface area contributed by atoms with E-state index < -0.39 is 0 Å². The van der Waals surface area contributed by atoms with Gasteiger partial charge in [0.25, 0.3) is 0 Å². The van der Waals surface area contributed by atoms with Crippen LogP contribution in [-0.4, -0.2) is 18.4 Å². The molecule has 0 saturated heterocycles. The van der Waals surface area contributed by atoms with E-state index in [0.29, 0.717) is 35.4 Å². The zero-order valence-corrected chi connectivity index (χ0v) is 8.98. The van der Waals surface area contributed by atoms with Crippen LogP contribution in [0.4, 0.5) is 0 Å². The Morgan fingerprint density at radius 2 is 2.14 bits per heavy atom. The molecule has 0 aromatic heterocycles. The summed E-state index contributed by atoms with van der Waals surface area (Å²) in [5.41, 5.74) is 2.04. The first-order chi connectivity index (χ1) is 6.74. The van der Waals surface area contributed by atoms with Crippen LogP contribution in [0.1, 0.15) is 6.42 Å². The molecule has 5 heteroatoms. The molecule has 14 heavy (non-hydrogen) atoms. The molecule has 0 bridgehead atoms. The fourth-order valence-corrected chi connectivity index (χ4v) is 1.26. The summed E-state index contributed by atoms with van der Waals surface area (Å²) in [7, 11) is 0. The van der Waals surface area contributed by atoms with Crippen molar-refractivity contribution in [2.45, 2.75) is 6.42 Å². The Kier molecular flexibility index (Phi) is 5.04. The molecular formula is C9H11Cl2NO2. The average molecular weight is 236 g/mol. The second-order valence-electron chi connectivity index (χ2n) is 2.68. The molecule has 78 valence electrons. The van der Waals surface area contributed by atoms with Crippen molar-refractivity contribution < 1.29 is 9.94 Å². The second-order valence-corrected chi connectivity index (χ2v) is 3.53. The Balaban J connectivity index is 2.45. The molecule has 0 unspecified atom stereocenters. The minimum absolute atomic E-state index is 0.480. The van der Waals surface area contributed by atoms with Gasteiger partial charge in [0.1, 0.15) is 5.75 Å². The van der Waals surface area contributed by atoms with E-state index in [1.807, 2.05) is 5.48 Å². The Morgan fingerprint density at radius 3 is 2.86 bits per heavy atom. The molecule has 0 aliphatic rings. The van der Waals surface area contributed by atoms with Gasteiger partial charge in [-0.1, -0.05) is 23.2 Å². The summed E-state index contributed by atoms with van der Waals surface area (Å²) >= 11 is 11.6. The molecule has 1 aromatic carbocycles. The molecule has 0 spiro atoms. The van der Waals surface area contributed by atoms with Crippen LogP contribution >= 0.6 is 23.2 Å². The van der Waals surface area contributed by atoms with Crippen molar-refractivity contribution in [3.05, 3.63) is 28.2 Å². The van der Waals surface area contributed by atoms with Gasteiger partial charge in [0, 0.05) is 17.6 Å². The molecule has 1 rings (SSSR count). The summed E-state index contributed by atoms with van der Waals surface area (Å²) in [4.78, 5) is 0. The minimum Gasteiger partial charge on any atom is -0.492 e. The van der Waals surface area contributed by atoms with Gasteiger partial charge >= 0.3 is 0 Å². The molecule has 0 heterocycles. The van der Waals surface area contributed by atoms with Crippen molar-refractivity contribution in [3.63, 3.8) is 0 Å². The Morgan fingerprint density at radius 1 is 1.36 bits per heavy atom. The van der Waals surface area contributed by atoms with E-state index in [0.717, 1.165) is 0 Å². The summed E-state index contributed by atoms with van der Waals surface area (Å²) in [6.45, 7) is 0.964. The summed E-state index contributed by atoms with van der Waals surface area (Å²) in [5.74, 6) is 0.567. The van der Waals surface area contributed by atoms with Gasteiger partial charge in [0.15, 0.2) is 0 Å². The highest BCUT2D eigenvalue weighted by atomic mass is 35.5. The number of halogens is 2. The molecule has 0 aliphatic heterocycles. The van der Waals surface area contributed by atoms with E-state index >= 15 is 0 Å². The highest BCUT2D eigenvalue weighted by Gasteiger charge is 2.01. The number of hydrogen-bond acceptors (Lipinski definition) is 3. The number of hydroxylamine groups is 1. The number of rotatable bonds is 5. The maximum atomic E-state index is 8.31. The van der Waals surface area contributed by atoms with E-state index in [-0.39, 0.29) is 0 Å². The van der Waals surface area contributed by atoms with Crippen LogP contribution in [0.15, 0.2) is 18.2 Å². The van der Waals surface area contributed by atoms with E-state index in [1.54, 1.807) is 18.2 Å². The zero-order valence-electron chi connectivity index (χ0n) is 7.46. The maximum Gasteiger partial charge on any atom is 0.139 e. The van der Waals surface area contributed by atoms with Gasteiger partial charge in [-0.15, -0.1) is 0 Å². The van der Waals surface area contributed by atoms with Crippen molar-refractivity contribution >= 4 is 23.2 Å². The molecule has 0 aliphatic carbocycles. The van der Waals surface area contributed by atoms with Gasteiger partial charge in [-0.25, -0.2) is 5.48 Å². The van der Waals surface area contributed by atoms with Crippen LogP contribution in [0.5, 0.6) is 5.75 Å². The van der Waals surface area contributed by atoms with Gasteiger partial charge in [-0.2, -0.15) is 0 Å². The van der Waals surface area contributed by atoms with Gasteiger partial charge in [0.05, 0.1) is 11.6 Å². The Hall–Kier alpha value is -0.480. The Bertz CT molecular complexity index is 294. The highest BCUT2D eigenvalue weighted by molar-refractivity contribution is 6.34. The van der Waals surface area contributed by atoms with Gasteiger partial charge in [-0.05, 0) is 18.6 Å². The molecule has 1 aromatic rings. The lowest BCUT2D eigenvalue weighted by Gasteiger charge is -2.07. The van der Waals surface area contributed by atoms with Crippen LogP contribution in [0, 0.1) is 0 Å². The quantitative estimate of drug-likeness (QED) is 0.610. The van der Waals surface area contributed by atoms with Crippen LogP contribution in [-0.2, 0) is 0 Å². The van der Waals surface area contributed by atoms with E-state index in [9.17, 15) is 0 Å². The third-order valence-corrected chi connectivity index (χ3v) is 2.13. The van der Waals surface area contributed by atoms with Crippen LogP contribution < -0.4 is 10.2 Å². The Labute approximate surface area is 92.5 Å². The molecule has 0 amide bonds. The molecule has 0 atom stereocenters. The van der Waals surface area contributed by atoms with Gasteiger partial charge < -0.3 is 9.94 Å². The minimum atomic E-state index is 0.480. The largest absolute Gasteiger partial charge is 0.492 e. The van der Waals surface area contributed by atoms with Crippen molar-refractivity contribution in [2.24, 2.45) is 0 Å². The number of nitrogens with one attached hydrogen (secondary N) is 1. The van der Waals surface area contributed by atoms with Crippen LogP contribution in [0.2, 0.25) is 10.0 Å². The van der Waals surface area contributed by atoms with Crippen molar-refractivity contribution in [3.8, 4) is 5.75 Å². The van der Waals surface area contributed by atoms with E-state index in [2.05, 4.69) is 0 Å². The summed E-state index contributed by atoms with van der Waals surface area (Å²) in [6, 6.07) is 5.05. The van der Waals surface area contributed by atoms with Crippen LogP contribution in [0.3, 0.4) is 0 Å². The summed E-state index contributed by atoms with van der Waals surface area (Å²) < 4.78 is 5.35. The third-order valence-electron chi connectivity index (χ3n) is 1.58. The van der Waals surface area contributed by atoms with Crippen molar-refractivity contribution in [2.75, 3.05) is 13.2 Å². The fourth-order valence-electron chi connectivity index (χ4n) is 0.921. The van der Waals surface area contributed by atoms with Gasteiger partial charge in [-0.3, -0.25) is 0 Å². The first-order valence-corrected chi connectivity index (χ1v) is 4.94. The highest BCUT2D eigenvalue weighted by Crippen LogP contribution is 2.27. The average Bonchev–Trinajstić information content (AvgIpc) is 2.18. The summed E-state index contributed by atoms with van der Waals surface area (Å²) in [5, 5.41) is 9.43. The fraction of sp³-hybridized carbons (Fsp3) is 0.333. The maximum absolute atomic E-state index is 8.31. The molecule has 2 N–H and O–H groups in total. The normalized spacial score (nSPS) is 10.2. The lowest BCUT2D eigenvalue weighted by atomic mass is 10.3. The molecule has 0 fully saturated rings. The number of hydrogen-bond donors (Lipinski definition) is 2. The SMILES string of the molecule is ONCCCOc1cc(Cl)ccc1Cl. The standard InChI is InChI=1S/C9H11Cl2NO2/c10-7-2-3-8(11)9(6-7)14-5-1-4-12-13/h2-3,6,12-13H,1,4-5H2. The van der Waals surface area contributed by atoms with E-state index in [1.165, 1.54) is 0 Å². The van der Waals surface area contributed by atoms with Crippen molar-refractivity contribution in [1.29, 1.82) is 0 Å². The predicted molar refractivity (Wildman–Crippen MR) is 56.4 cm³/mol. The molecule has 0 radical (unpaired) electrons. The van der Waals surface area contributed by atoms with Crippen LogP contribution in [0.25, 0.3) is 0 Å². The van der Waals surface area contributed by atoms with E-state index in [4.69, 9.17) is 33.1 Å². The summed E-state index contributed by atoms with van der Waals surface area (Å²) in [6.07, 6.45) is 0.694. The topological polar surface area (TPSA) is 41.5 Å². The smallest absolute Gasteiger partial charge is 0.139 e. The lowest BCUT2D eigenvalue weighted by Crippen LogP contribution is -2.12. The first kappa shape index (κ1) is 11.6. The molecule has 0 saturated carbocycles. The predicted octanol–water partition coefficient (Wildman–Crippen LogP) is 2.74. The molecular weight excluding hydrogens is 225 g/mol. The molecule has 3 nitrogen and oxygen atoms in total.